The SMILES string of the molecule is COC(C)(C)CCNc1ccc(Br)c(Cl)c1. The quantitative estimate of drug-likeness (QED) is 0.874. The van der Waals surface area contributed by atoms with E-state index < -0.39 is 0 Å². The first-order valence-electron chi connectivity index (χ1n) is 5.19. The molecule has 16 heavy (non-hydrogen) atoms. The second-order valence-electron chi connectivity index (χ2n) is 4.27. The maximum atomic E-state index is 6.00. The van der Waals surface area contributed by atoms with E-state index >= 15 is 0 Å². The Bertz CT molecular complexity index is 355. The van der Waals surface area contributed by atoms with Crippen LogP contribution in [0.4, 0.5) is 5.69 Å². The van der Waals surface area contributed by atoms with Gasteiger partial charge < -0.3 is 10.1 Å². The summed E-state index contributed by atoms with van der Waals surface area (Å²) in [5.74, 6) is 0. The molecule has 1 N–H and O–H groups in total. The van der Waals surface area contributed by atoms with Gasteiger partial charge in [0.2, 0.25) is 0 Å². The maximum Gasteiger partial charge on any atom is 0.0639 e. The Kier molecular flexibility index (Phi) is 5.09. The second kappa shape index (κ2) is 5.89. The van der Waals surface area contributed by atoms with E-state index in [1.54, 1.807) is 7.11 Å². The fourth-order valence-electron chi connectivity index (χ4n) is 1.22. The minimum atomic E-state index is -0.0911. The van der Waals surface area contributed by atoms with Crippen molar-refractivity contribution in [1.29, 1.82) is 0 Å². The monoisotopic (exact) mass is 305 g/mol. The zero-order valence-electron chi connectivity index (χ0n) is 9.81. The molecule has 1 rings (SSSR count). The van der Waals surface area contributed by atoms with Crippen molar-refractivity contribution in [2.45, 2.75) is 25.9 Å². The van der Waals surface area contributed by atoms with E-state index in [1.165, 1.54) is 0 Å². The van der Waals surface area contributed by atoms with Crippen molar-refractivity contribution < 1.29 is 4.74 Å². The third-order valence-corrected chi connectivity index (χ3v) is 3.76. The molecule has 2 nitrogen and oxygen atoms in total. The molecule has 0 unspecified atom stereocenters. The van der Waals surface area contributed by atoms with Gasteiger partial charge in [0, 0.05) is 23.8 Å². The van der Waals surface area contributed by atoms with Crippen molar-refractivity contribution in [1.82, 2.24) is 0 Å². The molecule has 0 radical (unpaired) electrons. The van der Waals surface area contributed by atoms with Crippen molar-refractivity contribution >= 4 is 33.2 Å². The van der Waals surface area contributed by atoms with E-state index in [0.29, 0.717) is 0 Å². The lowest BCUT2D eigenvalue weighted by molar-refractivity contribution is 0.0185. The fourth-order valence-corrected chi connectivity index (χ4v) is 1.64. The summed E-state index contributed by atoms with van der Waals surface area (Å²) in [4.78, 5) is 0. The highest BCUT2D eigenvalue weighted by Gasteiger charge is 2.15. The summed E-state index contributed by atoms with van der Waals surface area (Å²) >= 11 is 9.36. The largest absolute Gasteiger partial charge is 0.385 e. The van der Waals surface area contributed by atoms with Crippen LogP contribution in [0.5, 0.6) is 0 Å². The predicted octanol–water partition coefficient (Wildman–Crippen LogP) is 4.33. The van der Waals surface area contributed by atoms with Gasteiger partial charge >= 0.3 is 0 Å². The zero-order chi connectivity index (χ0) is 12.2. The standard InChI is InChI=1S/C12H17BrClNO/c1-12(2,16-3)6-7-15-9-4-5-10(13)11(14)8-9/h4-5,8,15H,6-7H2,1-3H3. The third-order valence-electron chi connectivity index (χ3n) is 2.53. The average molecular weight is 307 g/mol. The smallest absolute Gasteiger partial charge is 0.0639 e. The van der Waals surface area contributed by atoms with E-state index in [0.717, 1.165) is 28.1 Å². The van der Waals surface area contributed by atoms with Crippen LogP contribution in [0.25, 0.3) is 0 Å². The molecule has 1 aromatic rings. The Hall–Kier alpha value is -0.250. The third kappa shape index (κ3) is 4.32. The molecule has 0 saturated carbocycles. The van der Waals surface area contributed by atoms with Gasteiger partial charge in [-0.05, 0) is 54.4 Å². The van der Waals surface area contributed by atoms with Crippen LogP contribution in [-0.2, 0) is 4.74 Å². The van der Waals surface area contributed by atoms with Crippen molar-refractivity contribution in [3.05, 3.63) is 27.7 Å². The summed E-state index contributed by atoms with van der Waals surface area (Å²) in [6.07, 6.45) is 0.942. The second-order valence-corrected chi connectivity index (χ2v) is 5.53. The van der Waals surface area contributed by atoms with Gasteiger partial charge in [-0.2, -0.15) is 0 Å². The molecule has 90 valence electrons. The number of methoxy groups -OCH3 is 1. The van der Waals surface area contributed by atoms with Gasteiger partial charge in [0.1, 0.15) is 0 Å². The van der Waals surface area contributed by atoms with Crippen molar-refractivity contribution in [2.24, 2.45) is 0 Å². The molecule has 0 aromatic heterocycles. The highest BCUT2D eigenvalue weighted by atomic mass is 79.9. The van der Waals surface area contributed by atoms with Crippen LogP contribution in [0, 0.1) is 0 Å². The van der Waals surface area contributed by atoms with E-state index in [9.17, 15) is 0 Å². The van der Waals surface area contributed by atoms with Gasteiger partial charge in [-0.25, -0.2) is 0 Å². The molecule has 4 heteroatoms. The minimum absolute atomic E-state index is 0.0911. The number of anilines is 1. The van der Waals surface area contributed by atoms with Gasteiger partial charge in [-0.3, -0.25) is 0 Å². The van der Waals surface area contributed by atoms with Crippen LogP contribution in [-0.4, -0.2) is 19.3 Å². The molecule has 0 atom stereocenters. The first-order valence-corrected chi connectivity index (χ1v) is 6.36. The molecule has 0 amide bonds. The fraction of sp³-hybridized carbons (Fsp3) is 0.500. The summed E-state index contributed by atoms with van der Waals surface area (Å²) in [6.45, 7) is 5.01. The van der Waals surface area contributed by atoms with Gasteiger partial charge in [-0.1, -0.05) is 11.6 Å². The average Bonchev–Trinajstić information content (AvgIpc) is 2.23. The molecule has 0 heterocycles. The van der Waals surface area contributed by atoms with Gasteiger partial charge in [0.25, 0.3) is 0 Å². The van der Waals surface area contributed by atoms with Crippen LogP contribution in [0.1, 0.15) is 20.3 Å². The van der Waals surface area contributed by atoms with Crippen LogP contribution < -0.4 is 5.32 Å². The Balaban J connectivity index is 2.46. The van der Waals surface area contributed by atoms with Crippen LogP contribution in [0.3, 0.4) is 0 Å². The first kappa shape index (κ1) is 13.8. The summed E-state index contributed by atoms with van der Waals surface area (Å²) in [5.41, 5.74) is 0.937. The molecule has 0 spiro atoms. The Morgan fingerprint density at radius 3 is 2.69 bits per heavy atom. The molecule has 0 aliphatic heterocycles. The predicted molar refractivity (Wildman–Crippen MR) is 73.3 cm³/mol. The highest BCUT2D eigenvalue weighted by Crippen LogP contribution is 2.25. The van der Waals surface area contributed by atoms with Gasteiger partial charge in [-0.15, -0.1) is 0 Å². The summed E-state index contributed by atoms with van der Waals surface area (Å²) in [5, 5.41) is 4.04. The Morgan fingerprint density at radius 2 is 2.12 bits per heavy atom. The highest BCUT2D eigenvalue weighted by molar-refractivity contribution is 9.10. The minimum Gasteiger partial charge on any atom is -0.385 e. The lowest BCUT2D eigenvalue weighted by atomic mass is 10.1. The van der Waals surface area contributed by atoms with Crippen LogP contribution in [0.15, 0.2) is 22.7 Å². The molecule has 1 aromatic carbocycles. The van der Waals surface area contributed by atoms with Gasteiger partial charge in [0.15, 0.2) is 0 Å². The number of rotatable bonds is 5. The number of halogens is 2. The summed E-state index contributed by atoms with van der Waals surface area (Å²) in [7, 11) is 1.73. The first-order chi connectivity index (χ1) is 7.44. The number of hydrogen-bond acceptors (Lipinski definition) is 2. The van der Waals surface area contributed by atoms with E-state index in [4.69, 9.17) is 16.3 Å². The summed E-state index contributed by atoms with van der Waals surface area (Å²) < 4.78 is 6.26. The number of nitrogens with one attached hydrogen (secondary N) is 1. The van der Waals surface area contributed by atoms with Gasteiger partial charge in [0.05, 0.1) is 10.6 Å². The molecular weight excluding hydrogens is 289 g/mol. The molecule has 0 aliphatic rings. The molecule has 0 fully saturated rings. The Morgan fingerprint density at radius 1 is 1.44 bits per heavy atom. The van der Waals surface area contributed by atoms with Crippen LogP contribution >= 0.6 is 27.5 Å². The number of ether oxygens (including phenoxy) is 1. The molecular formula is C12H17BrClNO. The molecule has 0 bridgehead atoms. The van der Waals surface area contributed by atoms with E-state index in [-0.39, 0.29) is 5.60 Å². The van der Waals surface area contributed by atoms with Crippen molar-refractivity contribution in [2.75, 3.05) is 19.0 Å². The Labute approximate surface area is 110 Å². The van der Waals surface area contributed by atoms with E-state index in [2.05, 4.69) is 35.1 Å². The summed E-state index contributed by atoms with van der Waals surface area (Å²) in [6, 6.07) is 5.84. The molecule has 0 saturated heterocycles. The van der Waals surface area contributed by atoms with Crippen molar-refractivity contribution in [3.63, 3.8) is 0 Å². The lowest BCUT2D eigenvalue weighted by Gasteiger charge is -2.23. The lowest BCUT2D eigenvalue weighted by Crippen LogP contribution is -2.25. The topological polar surface area (TPSA) is 21.3 Å². The maximum absolute atomic E-state index is 6.00. The van der Waals surface area contributed by atoms with Crippen LogP contribution in [0.2, 0.25) is 5.02 Å². The number of hydrogen-bond donors (Lipinski definition) is 1. The normalized spacial score (nSPS) is 11.6. The van der Waals surface area contributed by atoms with E-state index in [1.807, 2.05) is 18.2 Å². The zero-order valence-corrected chi connectivity index (χ0v) is 12.2. The molecule has 0 aliphatic carbocycles. The van der Waals surface area contributed by atoms with Crippen molar-refractivity contribution in [3.8, 4) is 0 Å². The number of benzene rings is 1.